The molecule has 1 rings (SSSR count). The lowest BCUT2D eigenvalue weighted by molar-refractivity contribution is -0.000449. The number of carbonyl (C=O) groups excluding carboxylic acids is 1. The molecule has 1 heterocycles. The third-order valence-electron chi connectivity index (χ3n) is 1.42. The molecular formula is C6H10ClNO3. The minimum Gasteiger partial charge on any atom is -0.448 e. The van der Waals surface area contributed by atoms with Gasteiger partial charge in [0.1, 0.15) is 6.61 Å². The molecule has 0 atom stereocenters. The summed E-state index contributed by atoms with van der Waals surface area (Å²) >= 11 is 5.30. The number of amides is 1. The van der Waals surface area contributed by atoms with Crippen LogP contribution in [0.4, 0.5) is 4.79 Å². The lowest BCUT2D eigenvalue weighted by Crippen LogP contribution is -2.53. The lowest BCUT2D eigenvalue weighted by atomic mass is 10.2. The standard InChI is InChI=1S/C6H10ClNO3/c7-1-2-11-6(10)8-3-5(9)4-8/h5,9H,1-4H2. The van der Waals surface area contributed by atoms with Gasteiger partial charge in [0.25, 0.3) is 0 Å². The summed E-state index contributed by atoms with van der Waals surface area (Å²) in [5, 5.41) is 8.82. The molecule has 0 aliphatic carbocycles. The zero-order valence-electron chi connectivity index (χ0n) is 5.99. The van der Waals surface area contributed by atoms with Crippen molar-refractivity contribution in [1.82, 2.24) is 4.90 Å². The number of hydrogen-bond acceptors (Lipinski definition) is 3. The second kappa shape index (κ2) is 3.78. The van der Waals surface area contributed by atoms with Crippen LogP contribution >= 0.6 is 11.6 Å². The van der Waals surface area contributed by atoms with E-state index in [2.05, 4.69) is 4.74 Å². The summed E-state index contributed by atoms with van der Waals surface area (Å²) in [6, 6.07) is 0. The van der Waals surface area contributed by atoms with Gasteiger partial charge in [0, 0.05) is 0 Å². The Balaban J connectivity index is 2.11. The van der Waals surface area contributed by atoms with Gasteiger partial charge in [-0.15, -0.1) is 11.6 Å². The van der Waals surface area contributed by atoms with E-state index < -0.39 is 6.09 Å². The molecular weight excluding hydrogens is 170 g/mol. The van der Waals surface area contributed by atoms with Crippen LogP contribution in [-0.2, 0) is 4.74 Å². The molecule has 0 radical (unpaired) electrons. The molecule has 0 bridgehead atoms. The van der Waals surface area contributed by atoms with Crippen molar-refractivity contribution in [3.63, 3.8) is 0 Å². The van der Waals surface area contributed by atoms with Gasteiger partial charge in [-0.05, 0) is 0 Å². The Kier molecular flexibility index (Phi) is 2.96. The van der Waals surface area contributed by atoms with Crippen LogP contribution in [0.1, 0.15) is 0 Å². The normalized spacial score (nSPS) is 17.8. The van der Waals surface area contributed by atoms with Crippen LogP contribution in [0.3, 0.4) is 0 Å². The van der Waals surface area contributed by atoms with Gasteiger partial charge in [0.15, 0.2) is 0 Å². The molecule has 11 heavy (non-hydrogen) atoms. The number of carbonyl (C=O) groups is 1. The minimum atomic E-state index is -0.393. The fraction of sp³-hybridized carbons (Fsp3) is 0.833. The van der Waals surface area contributed by atoms with E-state index >= 15 is 0 Å². The zero-order valence-corrected chi connectivity index (χ0v) is 6.75. The predicted octanol–water partition coefficient (Wildman–Crippen LogP) is 0.0383. The molecule has 1 N–H and O–H groups in total. The van der Waals surface area contributed by atoms with Crippen LogP contribution in [0, 0.1) is 0 Å². The van der Waals surface area contributed by atoms with Crippen molar-refractivity contribution < 1.29 is 14.6 Å². The van der Waals surface area contributed by atoms with Gasteiger partial charge in [0.05, 0.1) is 25.1 Å². The van der Waals surface area contributed by atoms with Gasteiger partial charge in [0.2, 0.25) is 0 Å². The third kappa shape index (κ3) is 2.24. The number of alkyl halides is 1. The smallest absolute Gasteiger partial charge is 0.409 e. The number of aliphatic hydroxyl groups excluding tert-OH is 1. The van der Waals surface area contributed by atoms with Crippen molar-refractivity contribution in [3.05, 3.63) is 0 Å². The Hall–Kier alpha value is -0.480. The molecule has 0 aromatic heterocycles. The second-order valence-corrected chi connectivity index (χ2v) is 2.74. The van der Waals surface area contributed by atoms with Gasteiger partial charge < -0.3 is 14.7 Å². The number of rotatable bonds is 2. The van der Waals surface area contributed by atoms with Crippen molar-refractivity contribution in [2.24, 2.45) is 0 Å². The van der Waals surface area contributed by atoms with E-state index in [1.807, 2.05) is 0 Å². The van der Waals surface area contributed by atoms with Crippen LogP contribution < -0.4 is 0 Å². The monoisotopic (exact) mass is 179 g/mol. The number of ether oxygens (including phenoxy) is 1. The quantitative estimate of drug-likeness (QED) is 0.609. The Morgan fingerprint density at radius 3 is 2.82 bits per heavy atom. The Morgan fingerprint density at radius 2 is 2.36 bits per heavy atom. The first-order valence-electron chi connectivity index (χ1n) is 3.39. The van der Waals surface area contributed by atoms with E-state index in [-0.39, 0.29) is 12.7 Å². The van der Waals surface area contributed by atoms with Crippen molar-refractivity contribution in [2.45, 2.75) is 6.10 Å². The fourth-order valence-electron chi connectivity index (χ4n) is 0.822. The Morgan fingerprint density at radius 1 is 1.73 bits per heavy atom. The first-order valence-corrected chi connectivity index (χ1v) is 3.93. The van der Waals surface area contributed by atoms with Crippen LogP contribution in [-0.4, -0.2) is 47.8 Å². The van der Waals surface area contributed by atoms with Gasteiger partial charge in [-0.1, -0.05) is 0 Å². The van der Waals surface area contributed by atoms with Crippen LogP contribution in [0.5, 0.6) is 0 Å². The number of β-amino-alcohol motifs (C(OH)–C–C–N with tert-alkyl or cyclic N) is 1. The number of aliphatic hydroxyl groups is 1. The fourth-order valence-corrected chi connectivity index (χ4v) is 0.899. The molecule has 1 aliphatic rings. The number of hydrogen-bond donors (Lipinski definition) is 1. The number of likely N-dealkylation sites (tertiary alicyclic amines) is 1. The SMILES string of the molecule is O=C(OCCCl)N1CC(O)C1. The molecule has 4 nitrogen and oxygen atoms in total. The van der Waals surface area contributed by atoms with Crippen molar-refractivity contribution in [3.8, 4) is 0 Å². The highest BCUT2D eigenvalue weighted by atomic mass is 35.5. The van der Waals surface area contributed by atoms with Crippen molar-refractivity contribution in [2.75, 3.05) is 25.6 Å². The molecule has 1 fully saturated rings. The maximum Gasteiger partial charge on any atom is 0.409 e. The lowest BCUT2D eigenvalue weighted by Gasteiger charge is -2.34. The topological polar surface area (TPSA) is 49.8 Å². The average Bonchev–Trinajstić information content (AvgIpc) is 1.94. The Bertz CT molecular complexity index is 147. The van der Waals surface area contributed by atoms with Crippen molar-refractivity contribution in [1.29, 1.82) is 0 Å². The maximum absolute atomic E-state index is 10.9. The average molecular weight is 180 g/mol. The van der Waals surface area contributed by atoms with Gasteiger partial charge in [-0.3, -0.25) is 0 Å². The third-order valence-corrected chi connectivity index (χ3v) is 1.58. The highest BCUT2D eigenvalue weighted by Crippen LogP contribution is 2.08. The molecule has 0 unspecified atom stereocenters. The minimum absolute atomic E-state index is 0.229. The summed E-state index contributed by atoms with van der Waals surface area (Å²) in [5.74, 6) is 0.308. The van der Waals surface area contributed by atoms with E-state index in [1.54, 1.807) is 0 Å². The molecule has 1 saturated heterocycles. The summed E-state index contributed by atoms with van der Waals surface area (Å²) in [5.41, 5.74) is 0. The highest BCUT2D eigenvalue weighted by Gasteiger charge is 2.29. The van der Waals surface area contributed by atoms with Crippen LogP contribution in [0.2, 0.25) is 0 Å². The Labute approximate surface area is 69.7 Å². The summed E-state index contributed by atoms with van der Waals surface area (Å²) in [6.07, 6.45) is -0.769. The van der Waals surface area contributed by atoms with Gasteiger partial charge >= 0.3 is 6.09 Å². The molecule has 5 heteroatoms. The first-order chi connectivity index (χ1) is 5.24. The summed E-state index contributed by atoms with van der Waals surface area (Å²) in [4.78, 5) is 12.3. The highest BCUT2D eigenvalue weighted by molar-refractivity contribution is 6.18. The molecule has 1 amide bonds. The van der Waals surface area contributed by atoms with E-state index in [0.717, 1.165) is 0 Å². The zero-order chi connectivity index (χ0) is 8.27. The maximum atomic E-state index is 10.9. The van der Waals surface area contributed by atoms with E-state index in [4.69, 9.17) is 16.7 Å². The molecule has 0 spiro atoms. The van der Waals surface area contributed by atoms with E-state index in [1.165, 1.54) is 4.90 Å². The first kappa shape index (κ1) is 8.62. The second-order valence-electron chi connectivity index (χ2n) is 2.36. The number of halogens is 1. The molecule has 1 aliphatic heterocycles. The number of nitrogens with zero attached hydrogens (tertiary/aromatic N) is 1. The van der Waals surface area contributed by atoms with Gasteiger partial charge in [-0.25, -0.2) is 4.79 Å². The summed E-state index contributed by atoms with van der Waals surface area (Å²) in [7, 11) is 0. The molecule has 0 aromatic carbocycles. The van der Waals surface area contributed by atoms with E-state index in [9.17, 15) is 4.79 Å². The van der Waals surface area contributed by atoms with Gasteiger partial charge in [-0.2, -0.15) is 0 Å². The summed E-state index contributed by atoms with van der Waals surface area (Å²) in [6.45, 7) is 0.981. The summed E-state index contributed by atoms with van der Waals surface area (Å²) < 4.78 is 4.69. The molecule has 64 valence electrons. The molecule has 0 aromatic rings. The van der Waals surface area contributed by atoms with E-state index in [0.29, 0.717) is 19.0 Å². The van der Waals surface area contributed by atoms with Crippen LogP contribution in [0.25, 0.3) is 0 Å². The molecule has 0 saturated carbocycles. The largest absolute Gasteiger partial charge is 0.448 e. The predicted molar refractivity (Wildman–Crippen MR) is 39.6 cm³/mol. The van der Waals surface area contributed by atoms with Crippen LogP contribution in [0.15, 0.2) is 0 Å². The van der Waals surface area contributed by atoms with Crippen molar-refractivity contribution >= 4 is 17.7 Å².